The Hall–Kier alpha value is -3.74. The number of para-hydroxylation sites is 1. The van der Waals surface area contributed by atoms with Gasteiger partial charge in [0.1, 0.15) is 24.0 Å². The van der Waals surface area contributed by atoms with Crippen LogP contribution >= 0.6 is 11.8 Å². The maximum absolute atomic E-state index is 11.9. The molecule has 37 heavy (non-hydrogen) atoms. The van der Waals surface area contributed by atoms with Crippen LogP contribution in [0.3, 0.4) is 0 Å². The molecule has 0 aliphatic carbocycles. The summed E-state index contributed by atoms with van der Waals surface area (Å²) in [6.07, 6.45) is 2.98. The Balaban J connectivity index is 1.06. The summed E-state index contributed by atoms with van der Waals surface area (Å²) in [6.45, 7) is 2.32. The van der Waals surface area contributed by atoms with E-state index in [4.69, 9.17) is 9.94 Å². The number of aliphatic hydroxyl groups is 1. The number of imidazole rings is 1. The number of oxime groups is 1. The Kier molecular flexibility index (Phi) is 7.49. The minimum atomic E-state index is -0.680. The predicted octanol–water partition coefficient (Wildman–Crippen LogP) is 1.80. The van der Waals surface area contributed by atoms with Gasteiger partial charge in [-0.2, -0.15) is 0 Å². The highest BCUT2D eigenvalue weighted by Gasteiger charge is 2.24. The Morgan fingerprint density at radius 1 is 1.16 bits per heavy atom. The lowest BCUT2D eigenvalue weighted by molar-refractivity contribution is -0.115. The van der Waals surface area contributed by atoms with Crippen molar-refractivity contribution in [2.24, 2.45) is 5.16 Å². The van der Waals surface area contributed by atoms with Gasteiger partial charge in [-0.25, -0.2) is 4.79 Å². The van der Waals surface area contributed by atoms with Crippen LogP contribution in [0.4, 0.5) is 5.69 Å². The highest BCUT2D eigenvalue weighted by atomic mass is 32.2. The molecule has 1 atom stereocenters. The first kappa shape index (κ1) is 24.9. The summed E-state index contributed by atoms with van der Waals surface area (Å²) in [5, 5.41) is 28.3. The first-order chi connectivity index (χ1) is 18.0. The topological polar surface area (TPSA) is 155 Å². The average Bonchev–Trinajstić information content (AvgIpc) is 3.48. The van der Waals surface area contributed by atoms with Gasteiger partial charge in [-0.15, -0.1) is 0 Å². The van der Waals surface area contributed by atoms with E-state index >= 15 is 0 Å². The van der Waals surface area contributed by atoms with E-state index in [-0.39, 0.29) is 23.4 Å². The Morgan fingerprint density at radius 2 is 1.95 bits per heavy atom. The number of rotatable bonds is 8. The van der Waals surface area contributed by atoms with Crippen LogP contribution < -0.4 is 26.0 Å². The zero-order valence-corrected chi connectivity index (χ0v) is 20.8. The molecule has 6 N–H and O–H groups in total. The van der Waals surface area contributed by atoms with E-state index in [2.05, 4.69) is 30.7 Å². The number of carbonyl (C=O) groups is 1. The lowest BCUT2D eigenvalue weighted by atomic mass is 10.0. The number of benzene rings is 2. The second-order valence-corrected chi connectivity index (χ2v) is 9.98. The van der Waals surface area contributed by atoms with E-state index in [0.717, 1.165) is 48.9 Å². The Labute approximate surface area is 216 Å². The van der Waals surface area contributed by atoms with E-state index in [1.807, 2.05) is 24.3 Å². The van der Waals surface area contributed by atoms with Crippen LogP contribution in [0.5, 0.6) is 5.75 Å². The van der Waals surface area contributed by atoms with Crippen molar-refractivity contribution in [2.75, 3.05) is 31.1 Å². The number of carbonyl (C=O) groups excluding carboxylic acids is 1. The van der Waals surface area contributed by atoms with Crippen molar-refractivity contribution in [3.63, 3.8) is 0 Å². The number of nitrogens with zero attached hydrogens (tertiary/aromatic N) is 2. The SMILES string of the molecule is O=C1NC(=NO)SC1=Cc1ccc(N2CCC(NC[C@@H](O)COc3cccc4[nH]c(=O)[nH]c34)CC2)cc1. The third-order valence-electron chi connectivity index (χ3n) is 6.38. The molecule has 0 spiro atoms. The molecule has 0 saturated carbocycles. The fourth-order valence-corrected chi connectivity index (χ4v) is 5.18. The van der Waals surface area contributed by atoms with E-state index in [0.29, 0.717) is 34.3 Å². The number of anilines is 1. The molecule has 5 rings (SSSR count). The largest absolute Gasteiger partial charge is 0.489 e. The van der Waals surface area contributed by atoms with Crippen molar-refractivity contribution < 1.29 is 19.8 Å². The van der Waals surface area contributed by atoms with Gasteiger partial charge in [-0.3, -0.25) is 10.1 Å². The van der Waals surface area contributed by atoms with E-state index in [1.54, 1.807) is 24.3 Å². The maximum Gasteiger partial charge on any atom is 0.323 e. The van der Waals surface area contributed by atoms with Gasteiger partial charge in [0.15, 0.2) is 0 Å². The molecule has 2 aliphatic heterocycles. The highest BCUT2D eigenvalue weighted by molar-refractivity contribution is 8.18. The number of hydrogen-bond donors (Lipinski definition) is 6. The van der Waals surface area contributed by atoms with Gasteiger partial charge in [-0.05, 0) is 60.5 Å². The molecule has 2 saturated heterocycles. The summed E-state index contributed by atoms with van der Waals surface area (Å²) in [4.78, 5) is 31.6. The van der Waals surface area contributed by atoms with E-state index < -0.39 is 6.10 Å². The van der Waals surface area contributed by atoms with Crippen LogP contribution in [-0.4, -0.2) is 69.7 Å². The number of piperidine rings is 1. The minimum absolute atomic E-state index is 0.120. The zero-order chi connectivity index (χ0) is 25.8. The van der Waals surface area contributed by atoms with Gasteiger partial charge in [-0.1, -0.05) is 23.4 Å². The maximum atomic E-state index is 11.9. The summed E-state index contributed by atoms with van der Waals surface area (Å²) >= 11 is 1.10. The first-order valence-electron chi connectivity index (χ1n) is 12.0. The van der Waals surface area contributed by atoms with Crippen molar-refractivity contribution in [3.05, 3.63) is 63.4 Å². The molecule has 0 radical (unpaired) electrons. The third kappa shape index (κ3) is 5.98. The molecule has 1 amide bonds. The molecular weight excluding hydrogens is 496 g/mol. The minimum Gasteiger partial charge on any atom is -0.489 e. The van der Waals surface area contributed by atoms with Crippen LogP contribution in [-0.2, 0) is 4.79 Å². The van der Waals surface area contributed by atoms with Gasteiger partial charge in [0.25, 0.3) is 5.91 Å². The number of hydrogen-bond acceptors (Lipinski definition) is 9. The number of fused-ring (bicyclic) bond motifs is 1. The molecule has 11 nitrogen and oxygen atoms in total. The molecule has 194 valence electrons. The van der Waals surface area contributed by atoms with Crippen molar-refractivity contribution in [3.8, 4) is 5.75 Å². The molecule has 2 aromatic carbocycles. The predicted molar refractivity (Wildman–Crippen MR) is 143 cm³/mol. The van der Waals surface area contributed by atoms with E-state index in [1.165, 1.54) is 0 Å². The number of amidine groups is 1. The molecule has 1 aromatic heterocycles. The molecular formula is C25H28N6O5S. The quantitative estimate of drug-likeness (QED) is 0.148. The second-order valence-electron chi connectivity index (χ2n) is 8.95. The van der Waals surface area contributed by atoms with Crippen LogP contribution in [0.2, 0.25) is 0 Å². The summed E-state index contributed by atoms with van der Waals surface area (Å²) in [6, 6.07) is 13.7. The molecule has 0 bridgehead atoms. The van der Waals surface area contributed by atoms with Crippen molar-refractivity contribution in [2.45, 2.75) is 25.0 Å². The van der Waals surface area contributed by atoms with Crippen molar-refractivity contribution in [1.29, 1.82) is 0 Å². The summed E-state index contributed by atoms with van der Waals surface area (Å²) < 4.78 is 5.74. The smallest absolute Gasteiger partial charge is 0.323 e. The monoisotopic (exact) mass is 524 g/mol. The van der Waals surface area contributed by atoms with Crippen LogP contribution in [0.15, 0.2) is 57.3 Å². The molecule has 12 heteroatoms. The third-order valence-corrected chi connectivity index (χ3v) is 7.28. The van der Waals surface area contributed by atoms with Gasteiger partial charge in [0, 0.05) is 31.4 Å². The standard InChI is InChI=1S/C25H28N6O5S/c32-18(14-36-20-3-1-2-19-22(20)28-24(34)27-19)13-26-16-8-10-31(11-9-16)17-6-4-15(5-7-17)12-21-23(33)29-25(30-35)37-21/h1-7,12,16,18,26,32,35H,8-11,13-14H2,(H2,27,28,34)(H,29,30,33)/t18-/m1/s1. The number of aromatic amines is 2. The van der Waals surface area contributed by atoms with Crippen LogP contribution in [0.1, 0.15) is 18.4 Å². The number of thioether (sulfide) groups is 1. The summed E-state index contributed by atoms with van der Waals surface area (Å²) in [7, 11) is 0. The zero-order valence-electron chi connectivity index (χ0n) is 19.9. The van der Waals surface area contributed by atoms with Gasteiger partial charge < -0.3 is 35.2 Å². The Bertz CT molecular complexity index is 1370. The summed E-state index contributed by atoms with van der Waals surface area (Å²) in [5.74, 6) is 0.252. The number of aromatic nitrogens is 2. The van der Waals surface area contributed by atoms with Gasteiger partial charge in [0.2, 0.25) is 5.17 Å². The normalized spacial score (nSPS) is 19.6. The van der Waals surface area contributed by atoms with E-state index in [9.17, 15) is 14.7 Å². The fourth-order valence-electron chi connectivity index (χ4n) is 4.45. The molecule has 3 aromatic rings. The number of H-pyrrole nitrogens is 2. The average molecular weight is 525 g/mol. The Morgan fingerprint density at radius 3 is 2.68 bits per heavy atom. The lowest BCUT2D eigenvalue weighted by Gasteiger charge is -2.34. The first-order valence-corrected chi connectivity index (χ1v) is 12.8. The van der Waals surface area contributed by atoms with Crippen LogP contribution in [0.25, 0.3) is 17.1 Å². The second kappa shape index (κ2) is 11.1. The number of ether oxygens (including phenoxy) is 1. The number of nitrogens with one attached hydrogen (secondary N) is 4. The van der Waals surface area contributed by atoms with Crippen molar-refractivity contribution >= 4 is 45.6 Å². The molecule has 2 aliphatic rings. The summed E-state index contributed by atoms with van der Waals surface area (Å²) in [5.41, 5.74) is 2.98. The van der Waals surface area contributed by atoms with Crippen molar-refractivity contribution in [1.82, 2.24) is 20.6 Å². The molecule has 2 fully saturated rings. The fraction of sp³-hybridized carbons (Fsp3) is 0.320. The molecule has 3 heterocycles. The lowest BCUT2D eigenvalue weighted by Crippen LogP contribution is -2.45. The molecule has 0 unspecified atom stereocenters. The van der Waals surface area contributed by atoms with Gasteiger partial charge >= 0.3 is 5.69 Å². The van der Waals surface area contributed by atoms with Crippen LogP contribution in [0, 0.1) is 0 Å². The van der Waals surface area contributed by atoms with Gasteiger partial charge in [0.05, 0.1) is 10.4 Å². The number of amides is 1. The number of aliphatic hydroxyl groups excluding tert-OH is 1. The highest BCUT2D eigenvalue weighted by Crippen LogP contribution is 2.27.